The minimum absolute atomic E-state index is 0.474. The van der Waals surface area contributed by atoms with Gasteiger partial charge in [0.2, 0.25) is 10.6 Å². The Balaban J connectivity index is 2.10. The van der Waals surface area contributed by atoms with Gasteiger partial charge in [-0.25, -0.2) is 4.68 Å². The van der Waals surface area contributed by atoms with Gasteiger partial charge < -0.3 is 14.2 Å². The smallest absolute Gasteiger partial charge is 0.205 e. The van der Waals surface area contributed by atoms with Crippen LogP contribution in [-0.4, -0.2) is 39.3 Å². The van der Waals surface area contributed by atoms with Crippen LogP contribution in [-0.2, 0) is 0 Å². The van der Waals surface area contributed by atoms with Crippen molar-refractivity contribution in [3.8, 4) is 28.5 Å². The highest BCUT2D eigenvalue weighted by atomic mass is 35.5. The molecule has 0 aliphatic rings. The summed E-state index contributed by atoms with van der Waals surface area (Å²) in [5.74, 6) is 1.60. The minimum atomic E-state index is 0.474. The lowest BCUT2D eigenvalue weighted by atomic mass is 10.2. The molecule has 1 aromatic heterocycles. The van der Waals surface area contributed by atoms with Crippen LogP contribution < -0.4 is 19.0 Å². The summed E-state index contributed by atoms with van der Waals surface area (Å²) < 4.78 is 18.0. The lowest BCUT2D eigenvalue weighted by Gasteiger charge is -2.13. The van der Waals surface area contributed by atoms with Gasteiger partial charge in [0.05, 0.1) is 43.3 Å². The molecule has 0 spiro atoms. The average Bonchev–Trinajstić information content (AvgIpc) is 3.16. The van der Waals surface area contributed by atoms with E-state index < -0.39 is 0 Å². The Bertz CT molecular complexity index is 1120. The largest absolute Gasteiger partial charge is 0.493 e. The van der Waals surface area contributed by atoms with E-state index in [1.165, 1.54) is 11.3 Å². The van der Waals surface area contributed by atoms with E-state index in [2.05, 4.69) is 10.1 Å². The molecule has 0 bridgehead atoms. The van der Waals surface area contributed by atoms with E-state index in [1.807, 2.05) is 17.5 Å². The fraction of sp³-hybridized carbons (Fsp3) is 0.200. The molecule has 0 aliphatic carbocycles. The van der Waals surface area contributed by atoms with Crippen molar-refractivity contribution in [3.63, 3.8) is 0 Å². The van der Waals surface area contributed by atoms with Crippen LogP contribution in [0.25, 0.3) is 11.3 Å². The summed E-state index contributed by atoms with van der Waals surface area (Å²) in [4.78, 5) is 5.03. The molecule has 0 unspecified atom stereocenters. The van der Waals surface area contributed by atoms with Crippen molar-refractivity contribution < 1.29 is 14.2 Å². The fourth-order valence-corrected chi connectivity index (χ4v) is 3.86. The number of rotatable bonds is 6. The second-order valence-electron chi connectivity index (χ2n) is 5.74. The molecule has 0 radical (unpaired) electrons. The predicted octanol–water partition coefficient (Wildman–Crippen LogP) is 4.96. The number of thiazole rings is 1. The molecule has 0 N–H and O–H groups in total. The Morgan fingerprint density at radius 3 is 2.34 bits per heavy atom. The molecular formula is C20H19Cl2N3O3S. The summed E-state index contributed by atoms with van der Waals surface area (Å²) in [5, 5.41) is 7.57. The normalized spacial score (nSPS) is 11.9. The van der Waals surface area contributed by atoms with Gasteiger partial charge in [-0.2, -0.15) is 5.10 Å². The summed E-state index contributed by atoms with van der Waals surface area (Å²) >= 11 is 13.7. The van der Waals surface area contributed by atoms with Crippen LogP contribution >= 0.6 is 34.5 Å². The van der Waals surface area contributed by atoms with Gasteiger partial charge >= 0.3 is 0 Å². The second-order valence-corrected chi connectivity index (χ2v) is 7.39. The summed E-state index contributed by atoms with van der Waals surface area (Å²) in [6.07, 6.45) is 1.68. The van der Waals surface area contributed by atoms with Gasteiger partial charge in [-0.3, -0.25) is 4.99 Å². The fourth-order valence-electron chi connectivity index (χ4n) is 2.76. The van der Waals surface area contributed by atoms with Crippen molar-refractivity contribution in [2.45, 2.75) is 0 Å². The summed E-state index contributed by atoms with van der Waals surface area (Å²) in [5.41, 5.74) is 2.44. The second kappa shape index (κ2) is 9.35. The number of ether oxygens (including phenoxy) is 3. The number of hydrogen-bond donors (Lipinski definition) is 0. The summed E-state index contributed by atoms with van der Waals surface area (Å²) in [6, 6.07) is 9.09. The highest BCUT2D eigenvalue weighted by Gasteiger charge is 2.15. The van der Waals surface area contributed by atoms with Crippen molar-refractivity contribution in [2.75, 3.05) is 28.4 Å². The molecule has 3 rings (SSSR count). The molecular weight excluding hydrogens is 433 g/mol. The minimum Gasteiger partial charge on any atom is -0.493 e. The molecule has 6 nitrogen and oxygen atoms in total. The van der Waals surface area contributed by atoms with Crippen molar-refractivity contribution in [3.05, 3.63) is 56.1 Å². The van der Waals surface area contributed by atoms with E-state index in [0.29, 0.717) is 27.3 Å². The van der Waals surface area contributed by atoms with Crippen LogP contribution in [0.1, 0.15) is 5.56 Å². The van der Waals surface area contributed by atoms with Gasteiger partial charge in [0.1, 0.15) is 0 Å². The van der Waals surface area contributed by atoms with Crippen LogP contribution in [0.5, 0.6) is 17.2 Å². The maximum atomic E-state index is 6.19. The number of benzene rings is 2. The molecule has 29 heavy (non-hydrogen) atoms. The van der Waals surface area contributed by atoms with E-state index in [4.69, 9.17) is 37.4 Å². The lowest BCUT2D eigenvalue weighted by Crippen LogP contribution is -2.11. The van der Waals surface area contributed by atoms with Gasteiger partial charge in [0.15, 0.2) is 11.5 Å². The highest BCUT2D eigenvalue weighted by Crippen LogP contribution is 2.39. The van der Waals surface area contributed by atoms with Gasteiger partial charge in [-0.05, 0) is 24.3 Å². The molecule has 0 aliphatic heterocycles. The Hall–Kier alpha value is -2.48. The third-order valence-electron chi connectivity index (χ3n) is 4.14. The van der Waals surface area contributed by atoms with Crippen LogP contribution in [0.2, 0.25) is 10.0 Å². The number of methoxy groups -OCH3 is 3. The van der Waals surface area contributed by atoms with Gasteiger partial charge in [0.25, 0.3) is 0 Å². The van der Waals surface area contributed by atoms with Crippen molar-refractivity contribution in [1.82, 2.24) is 4.68 Å². The molecule has 2 aromatic carbocycles. The first-order valence-corrected chi connectivity index (χ1v) is 10.1. The maximum absolute atomic E-state index is 6.19. The maximum Gasteiger partial charge on any atom is 0.205 e. The number of nitrogens with zero attached hydrogens (tertiary/aromatic N) is 3. The number of hydrogen-bond acceptors (Lipinski definition) is 6. The zero-order valence-corrected chi connectivity index (χ0v) is 18.6. The molecule has 9 heteroatoms. The third kappa shape index (κ3) is 4.27. The molecule has 152 valence electrons. The van der Waals surface area contributed by atoms with E-state index in [9.17, 15) is 0 Å². The van der Waals surface area contributed by atoms with Gasteiger partial charge in [0, 0.05) is 23.6 Å². The summed E-state index contributed by atoms with van der Waals surface area (Å²) in [7, 11) is 6.42. The predicted molar refractivity (Wildman–Crippen MR) is 118 cm³/mol. The van der Waals surface area contributed by atoms with Crippen LogP contribution in [0, 0.1) is 0 Å². The first-order chi connectivity index (χ1) is 14.0. The number of aromatic nitrogens is 1. The zero-order chi connectivity index (χ0) is 21.0. The topological polar surface area (TPSA) is 57.3 Å². The van der Waals surface area contributed by atoms with Crippen LogP contribution in [0.15, 0.2) is 45.8 Å². The standard InChI is InChI=1S/C20H19Cl2N3O3S/c1-23-20-25(16(11-29-20)12-5-7-14(21)15(22)9-12)24-10-13-6-8-17(26-2)19(28-4)18(13)27-3/h5-11H,1-4H3. The first-order valence-electron chi connectivity index (χ1n) is 8.46. The van der Waals surface area contributed by atoms with Crippen molar-refractivity contribution >= 4 is 40.8 Å². The summed E-state index contributed by atoms with van der Waals surface area (Å²) in [6.45, 7) is 0. The van der Waals surface area contributed by atoms with E-state index in [1.54, 1.807) is 57.5 Å². The van der Waals surface area contributed by atoms with Crippen LogP contribution in [0.4, 0.5) is 0 Å². The molecule has 0 saturated heterocycles. The molecule has 0 amide bonds. The quantitative estimate of drug-likeness (QED) is 0.497. The van der Waals surface area contributed by atoms with Gasteiger partial charge in [-0.1, -0.05) is 29.3 Å². The van der Waals surface area contributed by atoms with Crippen molar-refractivity contribution in [2.24, 2.45) is 10.1 Å². The van der Waals surface area contributed by atoms with E-state index in [0.717, 1.165) is 21.6 Å². The number of halogens is 2. The Labute approximate surface area is 182 Å². The van der Waals surface area contributed by atoms with E-state index >= 15 is 0 Å². The third-order valence-corrected chi connectivity index (χ3v) is 5.79. The van der Waals surface area contributed by atoms with Crippen molar-refractivity contribution in [1.29, 1.82) is 0 Å². The lowest BCUT2D eigenvalue weighted by molar-refractivity contribution is 0.324. The molecule has 1 heterocycles. The van der Waals surface area contributed by atoms with E-state index in [-0.39, 0.29) is 0 Å². The zero-order valence-electron chi connectivity index (χ0n) is 16.3. The monoisotopic (exact) mass is 451 g/mol. The molecule has 0 saturated carbocycles. The van der Waals surface area contributed by atoms with Gasteiger partial charge in [-0.15, -0.1) is 11.3 Å². The SMILES string of the molecule is CN=c1scc(-c2ccc(Cl)c(Cl)c2)n1N=Cc1ccc(OC)c(OC)c1OC. The first kappa shape index (κ1) is 21.2. The Morgan fingerprint density at radius 2 is 1.72 bits per heavy atom. The highest BCUT2D eigenvalue weighted by molar-refractivity contribution is 7.07. The molecule has 3 aromatic rings. The average molecular weight is 452 g/mol. The Morgan fingerprint density at radius 1 is 0.966 bits per heavy atom. The Kier molecular flexibility index (Phi) is 6.84. The van der Waals surface area contributed by atoms with Crippen LogP contribution in [0.3, 0.4) is 0 Å². The molecule has 0 atom stereocenters. The molecule has 0 fully saturated rings.